The molecule has 1 aliphatic heterocycles. The van der Waals surface area contributed by atoms with Crippen molar-refractivity contribution in [3.05, 3.63) is 0 Å². The highest BCUT2D eigenvalue weighted by molar-refractivity contribution is 6.20. The van der Waals surface area contributed by atoms with Crippen LogP contribution in [0.2, 0.25) is 0 Å². The number of carbonyl (C=O) groups is 4. The Bertz CT molecular complexity index is 486. The molecule has 1 heterocycles. The zero-order valence-electron chi connectivity index (χ0n) is 12.1. The lowest BCUT2D eigenvalue weighted by molar-refractivity contribution is -0.160. The quantitative estimate of drug-likeness (QED) is 0.520. The first kappa shape index (κ1) is 15.4. The topological polar surface area (TPSA) is 105 Å². The van der Waals surface area contributed by atoms with Gasteiger partial charge in [0.25, 0.3) is 0 Å². The van der Waals surface area contributed by atoms with Gasteiger partial charge < -0.3 is 10.1 Å². The van der Waals surface area contributed by atoms with Gasteiger partial charge >= 0.3 is 6.03 Å². The first-order valence-corrected chi connectivity index (χ1v) is 6.90. The van der Waals surface area contributed by atoms with Gasteiger partial charge in [0.15, 0.2) is 0 Å². The fraction of sp³-hybridized carbons (Fsp3) is 0.692. The lowest BCUT2D eigenvalue weighted by Gasteiger charge is -2.45. The fourth-order valence-corrected chi connectivity index (χ4v) is 2.56. The van der Waals surface area contributed by atoms with Crippen LogP contribution >= 0.6 is 0 Å². The van der Waals surface area contributed by atoms with Crippen molar-refractivity contribution < 1.29 is 23.9 Å². The summed E-state index contributed by atoms with van der Waals surface area (Å²) in [5.41, 5.74) is -1.16. The molecule has 2 aliphatic rings. The number of amides is 5. The average molecular weight is 297 g/mol. The molecule has 1 unspecified atom stereocenters. The molecule has 1 aliphatic carbocycles. The lowest BCUT2D eigenvalue weighted by atomic mass is 9.66. The number of hydrogen-bond acceptors (Lipinski definition) is 5. The molecule has 21 heavy (non-hydrogen) atoms. The normalized spacial score (nSPS) is 21.8. The molecule has 0 aromatic heterocycles. The van der Waals surface area contributed by atoms with Crippen LogP contribution in [0.5, 0.6) is 0 Å². The molecule has 0 radical (unpaired) electrons. The summed E-state index contributed by atoms with van der Waals surface area (Å²) in [5.74, 6) is -1.58. The van der Waals surface area contributed by atoms with E-state index in [1.807, 2.05) is 0 Å². The van der Waals surface area contributed by atoms with Crippen molar-refractivity contribution >= 4 is 23.8 Å². The molecular weight excluding hydrogens is 278 g/mol. The molecule has 8 heteroatoms. The van der Waals surface area contributed by atoms with Gasteiger partial charge in [0.1, 0.15) is 11.5 Å². The third-order valence-electron chi connectivity index (χ3n) is 4.08. The minimum Gasteiger partial charge on any atom is -0.383 e. The molecule has 1 saturated carbocycles. The number of rotatable bonds is 5. The van der Waals surface area contributed by atoms with Gasteiger partial charge in [-0.3, -0.25) is 24.6 Å². The van der Waals surface area contributed by atoms with Gasteiger partial charge in [-0.2, -0.15) is 0 Å². The Labute approximate surface area is 122 Å². The molecule has 0 aromatic carbocycles. The van der Waals surface area contributed by atoms with Crippen LogP contribution in [0.25, 0.3) is 0 Å². The van der Waals surface area contributed by atoms with E-state index in [0.717, 1.165) is 11.3 Å². The summed E-state index contributed by atoms with van der Waals surface area (Å²) in [6.07, 6.45) is 1.59. The van der Waals surface area contributed by atoms with Gasteiger partial charge in [-0.1, -0.05) is 6.42 Å². The van der Waals surface area contributed by atoms with Crippen LogP contribution in [0.4, 0.5) is 4.79 Å². The SMILES string of the molecule is COCCNC(=O)C(C)N1C(=O)NC(=O)C2(CCC2)C1=O. The highest BCUT2D eigenvalue weighted by Gasteiger charge is 2.58. The van der Waals surface area contributed by atoms with Gasteiger partial charge in [0.2, 0.25) is 17.7 Å². The molecule has 116 valence electrons. The monoisotopic (exact) mass is 297 g/mol. The van der Waals surface area contributed by atoms with E-state index in [4.69, 9.17) is 4.74 Å². The molecule has 1 spiro atoms. The predicted molar refractivity (Wildman–Crippen MR) is 71.0 cm³/mol. The second-order valence-corrected chi connectivity index (χ2v) is 5.33. The molecule has 2 N–H and O–H groups in total. The Morgan fingerprint density at radius 3 is 2.62 bits per heavy atom. The minimum atomic E-state index is -1.16. The summed E-state index contributed by atoms with van der Waals surface area (Å²) in [6, 6.07) is -1.81. The molecule has 0 aromatic rings. The maximum absolute atomic E-state index is 12.5. The number of hydrogen-bond donors (Lipinski definition) is 2. The number of carbonyl (C=O) groups excluding carboxylic acids is 4. The molecule has 8 nitrogen and oxygen atoms in total. The van der Waals surface area contributed by atoms with Crippen LogP contribution in [0.15, 0.2) is 0 Å². The fourth-order valence-electron chi connectivity index (χ4n) is 2.56. The smallest absolute Gasteiger partial charge is 0.331 e. The predicted octanol–water partition coefficient (Wildman–Crippen LogP) is -0.614. The van der Waals surface area contributed by atoms with Gasteiger partial charge in [-0.25, -0.2) is 4.79 Å². The number of imide groups is 2. The minimum absolute atomic E-state index is 0.285. The molecule has 1 atom stereocenters. The molecular formula is C13H19N3O5. The van der Waals surface area contributed by atoms with Crippen molar-refractivity contribution in [1.29, 1.82) is 0 Å². The number of barbiturate groups is 1. The lowest BCUT2D eigenvalue weighted by Crippen LogP contribution is -2.69. The summed E-state index contributed by atoms with van der Waals surface area (Å²) >= 11 is 0. The van der Waals surface area contributed by atoms with Crippen LogP contribution in [-0.2, 0) is 19.1 Å². The standard InChI is InChI=1S/C13H19N3O5/c1-8(9(17)14-6-7-21-2)16-11(19)13(4-3-5-13)10(18)15-12(16)20/h8H,3-7H2,1-2H3,(H,14,17)(H,15,18,20). The molecule has 2 fully saturated rings. The number of urea groups is 1. The Morgan fingerprint density at radius 2 is 2.10 bits per heavy atom. The van der Waals surface area contributed by atoms with Crippen molar-refractivity contribution in [2.75, 3.05) is 20.3 Å². The van der Waals surface area contributed by atoms with Crippen molar-refractivity contribution in [3.8, 4) is 0 Å². The van der Waals surface area contributed by atoms with E-state index in [0.29, 0.717) is 19.4 Å². The Morgan fingerprint density at radius 1 is 1.43 bits per heavy atom. The molecule has 2 rings (SSSR count). The second kappa shape index (κ2) is 5.80. The van der Waals surface area contributed by atoms with Crippen molar-refractivity contribution in [1.82, 2.24) is 15.5 Å². The first-order chi connectivity index (χ1) is 9.94. The van der Waals surface area contributed by atoms with Gasteiger partial charge in [0.05, 0.1) is 6.61 Å². The zero-order chi connectivity index (χ0) is 15.6. The van der Waals surface area contributed by atoms with Gasteiger partial charge in [0, 0.05) is 13.7 Å². The third kappa shape index (κ3) is 2.51. The van der Waals surface area contributed by atoms with Crippen LogP contribution < -0.4 is 10.6 Å². The van der Waals surface area contributed by atoms with Crippen LogP contribution in [0.3, 0.4) is 0 Å². The summed E-state index contributed by atoms with van der Waals surface area (Å²) in [4.78, 5) is 49.1. The maximum atomic E-state index is 12.5. The largest absolute Gasteiger partial charge is 0.383 e. The third-order valence-corrected chi connectivity index (χ3v) is 4.08. The Kier molecular flexibility index (Phi) is 4.26. The van der Waals surface area contributed by atoms with E-state index in [-0.39, 0.29) is 6.54 Å². The first-order valence-electron chi connectivity index (χ1n) is 6.90. The van der Waals surface area contributed by atoms with E-state index in [1.165, 1.54) is 14.0 Å². The van der Waals surface area contributed by atoms with Crippen molar-refractivity contribution in [2.24, 2.45) is 5.41 Å². The average Bonchev–Trinajstić information content (AvgIpc) is 2.36. The summed E-state index contributed by atoms with van der Waals surface area (Å²) in [7, 11) is 1.50. The van der Waals surface area contributed by atoms with Crippen molar-refractivity contribution in [3.63, 3.8) is 0 Å². The summed E-state index contributed by atoms with van der Waals surface area (Å²) in [5, 5.41) is 4.75. The Balaban J connectivity index is 2.10. The van der Waals surface area contributed by atoms with E-state index >= 15 is 0 Å². The van der Waals surface area contributed by atoms with E-state index in [2.05, 4.69) is 10.6 Å². The number of nitrogens with zero attached hydrogens (tertiary/aromatic N) is 1. The zero-order valence-corrected chi connectivity index (χ0v) is 12.1. The van der Waals surface area contributed by atoms with E-state index < -0.39 is 35.2 Å². The van der Waals surface area contributed by atoms with Crippen LogP contribution in [0, 0.1) is 5.41 Å². The second-order valence-electron chi connectivity index (χ2n) is 5.33. The highest BCUT2D eigenvalue weighted by Crippen LogP contribution is 2.44. The maximum Gasteiger partial charge on any atom is 0.331 e. The number of nitrogens with one attached hydrogen (secondary N) is 2. The van der Waals surface area contributed by atoms with Crippen LogP contribution in [0.1, 0.15) is 26.2 Å². The molecule has 1 saturated heterocycles. The number of methoxy groups -OCH3 is 1. The van der Waals surface area contributed by atoms with Gasteiger partial charge in [-0.05, 0) is 19.8 Å². The van der Waals surface area contributed by atoms with E-state index in [1.54, 1.807) is 0 Å². The van der Waals surface area contributed by atoms with Gasteiger partial charge in [-0.15, -0.1) is 0 Å². The van der Waals surface area contributed by atoms with Crippen LogP contribution in [-0.4, -0.2) is 55.0 Å². The van der Waals surface area contributed by atoms with Crippen molar-refractivity contribution in [2.45, 2.75) is 32.2 Å². The Hall–Kier alpha value is -1.96. The summed E-state index contributed by atoms with van der Waals surface area (Å²) < 4.78 is 4.81. The summed E-state index contributed by atoms with van der Waals surface area (Å²) in [6.45, 7) is 2.08. The van der Waals surface area contributed by atoms with E-state index in [9.17, 15) is 19.2 Å². The molecule has 5 amide bonds. The molecule has 0 bridgehead atoms. The highest BCUT2D eigenvalue weighted by atomic mass is 16.5. The number of ether oxygens (including phenoxy) is 1.